The summed E-state index contributed by atoms with van der Waals surface area (Å²) in [6.07, 6.45) is 0. The van der Waals surface area contributed by atoms with E-state index in [4.69, 9.17) is 15.2 Å². The number of carbonyl (C=O) groups is 1. The van der Waals surface area contributed by atoms with Crippen LogP contribution >= 0.6 is 0 Å². The monoisotopic (exact) mass is 431 g/mol. The summed E-state index contributed by atoms with van der Waals surface area (Å²) < 4.78 is 25.3. The molecule has 0 bridgehead atoms. The van der Waals surface area contributed by atoms with Gasteiger partial charge in [-0.05, 0) is 18.2 Å². The number of nitro benzene ring substituents is 1. The molecular weight excluding hydrogens is 417 g/mol. The molecule has 1 heterocycles. The van der Waals surface area contributed by atoms with Crippen LogP contribution in [0.3, 0.4) is 0 Å². The van der Waals surface area contributed by atoms with Crippen LogP contribution in [-0.2, 0) is 0 Å². The summed E-state index contributed by atoms with van der Waals surface area (Å²) >= 11 is 0. The van der Waals surface area contributed by atoms with E-state index in [9.17, 15) is 24.6 Å². The van der Waals surface area contributed by atoms with E-state index < -0.39 is 28.3 Å². The molecule has 0 saturated carbocycles. The van der Waals surface area contributed by atoms with Crippen LogP contribution in [0, 0.1) is 27.3 Å². The lowest BCUT2D eigenvalue weighted by Crippen LogP contribution is -2.21. The molecule has 4 rings (SSSR count). The summed E-state index contributed by atoms with van der Waals surface area (Å²) in [4.78, 5) is 23.0. The molecule has 3 aromatic carbocycles. The van der Waals surface area contributed by atoms with Crippen LogP contribution in [0.1, 0.15) is 27.4 Å². The number of para-hydroxylation sites is 1. The maximum atomic E-state index is 14.5. The number of nitro groups is 1. The molecule has 32 heavy (non-hydrogen) atoms. The van der Waals surface area contributed by atoms with E-state index in [0.717, 1.165) is 0 Å². The van der Waals surface area contributed by atoms with Gasteiger partial charge in [0.2, 0.25) is 5.88 Å². The molecule has 0 radical (unpaired) electrons. The van der Waals surface area contributed by atoms with Crippen molar-refractivity contribution in [2.24, 2.45) is 5.73 Å². The number of hydrogen-bond donors (Lipinski definition) is 1. The van der Waals surface area contributed by atoms with Crippen LogP contribution in [-0.4, -0.2) is 10.9 Å². The summed E-state index contributed by atoms with van der Waals surface area (Å²) in [7, 11) is 0. The molecule has 9 heteroatoms. The highest BCUT2D eigenvalue weighted by Crippen LogP contribution is 2.44. The van der Waals surface area contributed by atoms with E-state index in [2.05, 4.69) is 0 Å². The fraction of sp³-hybridized carbons (Fsp3) is 0.0435. The van der Waals surface area contributed by atoms with Crippen molar-refractivity contribution in [1.29, 1.82) is 5.26 Å². The maximum absolute atomic E-state index is 14.5. The van der Waals surface area contributed by atoms with E-state index >= 15 is 0 Å². The molecule has 0 aliphatic carbocycles. The molecule has 1 aliphatic heterocycles. The van der Waals surface area contributed by atoms with Crippen LogP contribution in [0.15, 0.2) is 78.2 Å². The molecular formula is C23H14FN3O5. The Morgan fingerprint density at radius 1 is 1.12 bits per heavy atom. The molecule has 2 N–H and O–H groups in total. The van der Waals surface area contributed by atoms with Gasteiger partial charge in [-0.2, -0.15) is 5.26 Å². The predicted octanol–water partition coefficient (Wildman–Crippen LogP) is 4.17. The van der Waals surface area contributed by atoms with E-state index in [0.29, 0.717) is 5.56 Å². The second-order valence-electron chi connectivity index (χ2n) is 6.81. The third-order valence-corrected chi connectivity index (χ3v) is 4.94. The van der Waals surface area contributed by atoms with Gasteiger partial charge in [0.05, 0.1) is 10.8 Å². The first-order valence-corrected chi connectivity index (χ1v) is 9.32. The zero-order valence-electron chi connectivity index (χ0n) is 16.3. The zero-order chi connectivity index (χ0) is 22.8. The Balaban J connectivity index is 1.72. The number of nitrogens with two attached hydrogens (primary N) is 1. The van der Waals surface area contributed by atoms with Gasteiger partial charge >= 0.3 is 5.97 Å². The maximum Gasteiger partial charge on any atom is 0.350 e. The fourth-order valence-corrected chi connectivity index (χ4v) is 3.50. The number of carbonyl (C=O) groups excluding carboxylic acids is 1. The Morgan fingerprint density at radius 3 is 2.56 bits per heavy atom. The molecule has 158 valence electrons. The summed E-state index contributed by atoms with van der Waals surface area (Å²) in [5.74, 6) is -2.26. The zero-order valence-corrected chi connectivity index (χ0v) is 16.3. The van der Waals surface area contributed by atoms with Gasteiger partial charge in [-0.1, -0.05) is 36.4 Å². The molecule has 0 amide bonds. The lowest BCUT2D eigenvalue weighted by Gasteiger charge is -2.27. The van der Waals surface area contributed by atoms with Gasteiger partial charge in [-0.3, -0.25) is 10.1 Å². The number of halogens is 1. The van der Waals surface area contributed by atoms with Crippen molar-refractivity contribution in [3.8, 4) is 17.6 Å². The molecule has 1 atom stereocenters. The van der Waals surface area contributed by atoms with Crippen LogP contribution < -0.4 is 15.2 Å². The highest BCUT2D eigenvalue weighted by Gasteiger charge is 2.32. The van der Waals surface area contributed by atoms with Crippen molar-refractivity contribution in [3.63, 3.8) is 0 Å². The number of rotatable bonds is 4. The first kappa shape index (κ1) is 20.6. The highest BCUT2D eigenvalue weighted by atomic mass is 19.1. The highest BCUT2D eigenvalue weighted by molar-refractivity contribution is 5.95. The topological polar surface area (TPSA) is 128 Å². The Morgan fingerprint density at radius 2 is 1.84 bits per heavy atom. The van der Waals surface area contributed by atoms with Crippen molar-refractivity contribution in [3.05, 3.63) is 111 Å². The Hall–Kier alpha value is -4.71. The van der Waals surface area contributed by atoms with Gasteiger partial charge in [0.1, 0.15) is 34.5 Å². The van der Waals surface area contributed by atoms with E-state index in [-0.39, 0.29) is 34.1 Å². The first-order valence-electron chi connectivity index (χ1n) is 9.32. The molecule has 0 aromatic heterocycles. The molecule has 0 fully saturated rings. The average molecular weight is 431 g/mol. The molecule has 3 aromatic rings. The van der Waals surface area contributed by atoms with Gasteiger partial charge in [-0.25, -0.2) is 9.18 Å². The van der Waals surface area contributed by atoms with Crippen molar-refractivity contribution in [1.82, 2.24) is 0 Å². The first-order chi connectivity index (χ1) is 15.4. The minimum Gasteiger partial charge on any atom is -0.440 e. The number of hydrogen-bond acceptors (Lipinski definition) is 7. The number of esters is 1. The van der Waals surface area contributed by atoms with Gasteiger partial charge in [-0.15, -0.1) is 0 Å². The predicted molar refractivity (Wildman–Crippen MR) is 110 cm³/mol. The summed E-state index contributed by atoms with van der Waals surface area (Å²) in [5.41, 5.74) is 6.04. The normalized spacial score (nSPS) is 14.7. The number of fused-ring (bicyclic) bond motifs is 1. The van der Waals surface area contributed by atoms with Gasteiger partial charge < -0.3 is 15.2 Å². The van der Waals surface area contributed by atoms with E-state index in [1.54, 1.807) is 12.1 Å². The Kier molecular flexibility index (Phi) is 5.27. The SMILES string of the molecule is N#CC1=C(N)Oc2cc(OC(=O)c3ccccc3[N+](=O)[O-])ccc2C1c1ccccc1F. The van der Waals surface area contributed by atoms with Gasteiger partial charge in [0.15, 0.2) is 0 Å². The molecule has 0 saturated heterocycles. The third kappa shape index (κ3) is 3.61. The minimum absolute atomic E-state index is 0.0346. The minimum atomic E-state index is -0.931. The van der Waals surface area contributed by atoms with Crippen molar-refractivity contribution in [2.45, 2.75) is 5.92 Å². The number of benzene rings is 3. The average Bonchev–Trinajstić information content (AvgIpc) is 2.78. The van der Waals surface area contributed by atoms with Crippen LogP contribution in [0.4, 0.5) is 10.1 Å². The van der Waals surface area contributed by atoms with Crippen molar-refractivity contribution >= 4 is 11.7 Å². The second-order valence-corrected chi connectivity index (χ2v) is 6.81. The molecule has 1 aliphatic rings. The lowest BCUT2D eigenvalue weighted by atomic mass is 9.83. The third-order valence-electron chi connectivity index (χ3n) is 4.94. The summed E-state index contributed by atoms with van der Waals surface area (Å²) in [6.45, 7) is 0. The summed E-state index contributed by atoms with van der Waals surface area (Å²) in [5, 5.41) is 20.7. The van der Waals surface area contributed by atoms with Crippen molar-refractivity contribution < 1.29 is 23.6 Å². The molecule has 0 spiro atoms. The van der Waals surface area contributed by atoms with E-state index in [1.807, 2.05) is 6.07 Å². The number of nitriles is 1. The fourth-order valence-electron chi connectivity index (χ4n) is 3.50. The Bertz CT molecular complexity index is 1330. The Labute approximate surface area is 181 Å². The standard InChI is InChI=1S/C23H14FN3O5/c24-18-7-3-1-5-14(18)21-16-10-9-13(11-20(16)32-22(26)17(21)12-25)31-23(28)15-6-2-4-8-19(15)27(29)30/h1-11,21H,26H2. The van der Waals surface area contributed by atoms with E-state index in [1.165, 1.54) is 54.6 Å². The van der Waals surface area contributed by atoms with Crippen molar-refractivity contribution in [2.75, 3.05) is 0 Å². The number of nitrogens with zero attached hydrogens (tertiary/aromatic N) is 2. The van der Waals surface area contributed by atoms with Crippen LogP contribution in [0.2, 0.25) is 0 Å². The van der Waals surface area contributed by atoms with Crippen LogP contribution in [0.25, 0.3) is 0 Å². The van der Waals surface area contributed by atoms with Crippen LogP contribution in [0.5, 0.6) is 11.5 Å². The smallest absolute Gasteiger partial charge is 0.350 e. The quantitative estimate of drug-likeness (QED) is 0.284. The number of ether oxygens (including phenoxy) is 2. The largest absolute Gasteiger partial charge is 0.440 e. The molecule has 8 nitrogen and oxygen atoms in total. The van der Waals surface area contributed by atoms with Gasteiger partial charge in [0.25, 0.3) is 5.69 Å². The summed E-state index contributed by atoms with van der Waals surface area (Å²) in [6, 6.07) is 17.7. The molecule has 1 unspecified atom stereocenters. The number of allylic oxidation sites excluding steroid dienone is 1. The van der Waals surface area contributed by atoms with Gasteiger partial charge in [0, 0.05) is 23.3 Å². The lowest BCUT2D eigenvalue weighted by molar-refractivity contribution is -0.385. The second kappa shape index (κ2) is 8.20.